The number of carbonyl (C=O) groups is 1. The Kier molecular flexibility index (Phi) is 3.34. The van der Waals surface area contributed by atoms with Crippen LogP contribution in [0.5, 0.6) is 0 Å². The Hall–Kier alpha value is -2.97. The third-order valence-corrected chi connectivity index (χ3v) is 2.90. The van der Waals surface area contributed by atoms with E-state index in [1.807, 2.05) is 0 Å². The first-order chi connectivity index (χ1) is 9.40. The summed E-state index contributed by atoms with van der Waals surface area (Å²) >= 11 is 0. The van der Waals surface area contributed by atoms with Crippen molar-refractivity contribution in [3.63, 3.8) is 0 Å². The average Bonchev–Trinajstić information content (AvgIpc) is 2.37. The lowest BCUT2D eigenvalue weighted by molar-refractivity contribution is -0.518. The number of urea groups is 1. The highest BCUT2D eigenvalue weighted by Crippen LogP contribution is 2.27. The maximum absolute atomic E-state index is 11.4. The number of hydrogen-bond acceptors (Lipinski definition) is 5. The normalized spacial score (nSPS) is 21.8. The second-order valence-electron chi connectivity index (χ2n) is 4.18. The van der Waals surface area contributed by atoms with Gasteiger partial charge in [0.1, 0.15) is 6.04 Å². The number of amides is 2. The molecular weight excluding hydrogens is 268 g/mol. The van der Waals surface area contributed by atoms with Crippen LogP contribution in [0.25, 0.3) is 0 Å². The van der Waals surface area contributed by atoms with Gasteiger partial charge < -0.3 is 10.6 Å². The van der Waals surface area contributed by atoms with Gasteiger partial charge in [-0.3, -0.25) is 20.2 Å². The summed E-state index contributed by atoms with van der Waals surface area (Å²) in [5.41, 5.74) is 0.00940. The van der Waals surface area contributed by atoms with Crippen LogP contribution in [0.15, 0.2) is 36.5 Å². The molecule has 2 N–H and O–H groups in total. The van der Waals surface area contributed by atoms with Gasteiger partial charge in [-0.2, -0.15) is 0 Å². The molecule has 2 amide bonds. The van der Waals surface area contributed by atoms with Crippen molar-refractivity contribution in [3.05, 3.63) is 62.3 Å². The largest absolute Gasteiger partial charge is 0.324 e. The van der Waals surface area contributed by atoms with Crippen molar-refractivity contribution in [2.45, 2.75) is 12.1 Å². The topological polar surface area (TPSA) is 127 Å². The van der Waals surface area contributed by atoms with Crippen LogP contribution in [0.3, 0.4) is 0 Å². The van der Waals surface area contributed by atoms with Crippen LogP contribution in [0, 0.1) is 20.2 Å². The van der Waals surface area contributed by atoms with Crippen molar-refractivity contribution in [1.29, 1.82) is 0 Å². The third-order valence-electron chi connectivity index (χ3n) is 2.90. The Balaban J connectivity index is 2.44. The van der Waals surface area contributed by atoms with E-state index in [0.29, 0.717) is 0 Å². The molecular formula is C11H10N4O5. The fourth-order valence-corrected chi connectivity index (χ4v) is 2.02. The van der Waals surface area contributed by atoms with Crippen LogP contribution in [0.4, 0.5) is 10.5 Å². The van der Waals surface area contributed by atoms with E-state index >= 15 is 0 Å². The number of benzene rings is 1. The first-order valence-corrected chi connectivity index (χ1v) is 5.54. The maximum atomic E-state index is 11.4. The number of nitrogens with one attached hydrogen (secondary N) is 2. The highest BCUT2D eigenvalue weighted by atomic mass is 16.6. The summed E-state index contributed by atoms with van der Waals surface area (Å²) < 4.78 is 0. The minimum absolute atomic E-state index is 0.0599. The van der Waals surface area contributed by atoms with Crippen LogP contribution in [-0.2, 0) is 0 Å². The first kappa shape index (κ1) is 13.5. The number of hydrogen-bond donors (Lipinski definition) is 2. The smallest absolute Gasteiger partial charge is 0.319 e. The molecule has 1 aromatic rings. The molecule has 0 radical (unpaired) electrons. The summed E-state index contributed by atoms with van der Waals surface area (Å²) in [5, 5.41) is 26.4. The summed E-state index contributed by atoms with van der Waals surface area (Å²) in [7, 11) is 0. The van der Waals surface area contributed by atoms with Gasteiger partial charge in [0.25, 0.3) is 11.7 Å². The zero-order valence-electron chi connectivity index (χ0n) is 10.1. The number of non-ortho nitro benzene ring substituents is 1. The molecule has 2 rings (SSSR count). The molecule has 0 spiro atoms. The van der Waals surface area contributed by atoms with E-state index in [0.717, 1.165) is 0 Å². The molecule has 0 aliphatic carbocycles. The molecule has 104 valence electrons. The summed E-state index contributed by atoms with van der Waals surface area (Å²) in [5.74, 6) is 0. The van der Waals surface area contributed by atoms with Crippen LogP contribution in [-0.4, -0.2) is 21.9 Å². The molecule has 9 nitrogen and oxygen atoms in total. The van der Waals surface area contributed by atoms with Gasteiger partial charge in [-0.05, 0) is 5.56 Å². The molecule has 9 heteroatoms. The fraction of sp³-hybridized carbons (Fsp3) is 0.182. The van der Waals surface area contributed by atoms with E-state index in [1.54, 1.807) is 0 Å². The highest BCUT2D eigenvalue weighted by Gasteiger charge is 2.41. The Morgan fingerprint density at radius 2 is 1.95 bits per heavy atom. The first-order valence-electron chi connectivity index (χ1n) is 5.54. The standard InChI is InChI=1S/C11H10N4O5/c1-6-10(15(19)20)9(13-11(16)12-6)7-3-2-4-8(5-7)14(17)18/h2-5,9-10H,1H2,(H2,12,13,16)/t9-,10+/m0/s1. The Labute approximate surface area is 112 Å². The van der Waals surface area contributed by atoms with E-state index in [-0.39, 0.29) is 16.9 Å². The SMILES string of the molecule is C=C1NC(=O)N[C@@H](c2cccc([N+](=O)[O-])c2)[C@@H]1[N+](=O)[O-]. The molecule has 1 aliphatic rings. The summed E-state index contributed by atoms with van der Waals surface area (Å²) in [6.07, 6.45) is 0. The lowest BCUT2D eigenvalue weighted by atomic mass is 9.96. The van der Waals surface area contributed by atoms with E-state index in [1.165, 1.54) is 24.3 Å². The van der Waals surface area contributed by atoms with Crippen molar-refractivity contribution in [2.75, 3.05) is 0 Å². The predicted octanol–water partition coefficient (Wildman–Crippen LogP) is 1.11. The summed E-state index contributed by atoms with van der Waals surface area (Å²) in [6, 6.07) is 2.40. The molecule has 2 atom stereocenters. The van der Waals surface area contributed by atoms with Crippen molar-refractivity contribution in [2.24, 2.45) is 0 Å². The number of rotatable bonds is 3. The molecule has 0 unspecified atom stereocenters. The van der Waals surface area contributed by atoms with Gasteiger partial charge in [0.15, 0.2) is 0 Å². The molecule has 0 aromatic heterocycles. The zero-order valence-corrected chi connectivity index (χ0v) is 10.1. The monoisotopic (exact) mass is 278 g/mol. The third kappa shape index (κ3) is 2.41. The molecule has 0 bridgehead atoms. The fourth-order valence-electron chi connectivity index (χ4n) is 2.02. The molecule has 0 saturated carbocycles. The van der Waals surface area contributed by atoms with E-state index in [4.69, 9.17) is 0 Å². The van der Waals surface area contributed by atoms with E-state index < -0.39 is 28.0 Å². The van der Waals surface area contributed by atoms with E-state index in [9.17, 15) is 25.0 Å². The predicted molar refractivity (Wildman–Crippen MR) is 67.4 cm³/mol. The molecule has 1 aromatic carbocycles. The van der Waals surface area contributed by atoms with Crippen LogP contribution < -0.4 is 10.6 Å². The van der Waals surface area contributed by atoms with Crippen LogP contribution >= 0.6 is 0 Å². The number of carbonyl (C=O) groups excluding carboxylic acids is 1. The summed E-state index contributed by atoms with van der Waals surface area (Å²) in [6.45, 7) is 3.45. The Morgan fingerprint density at radius 3 is 2.55 bits per heavy atom. The molecule has 1 fully saturated rings. The van der Waals surface area contributed by atoms with Gasteiger partial charge in [-0.15, -0.1) is 0 Å². The van der Waals surface area contributed by atoms with Gasteiger partial charge in [0, 0.05) is 17.1 Å². The second kappa shape index (κ2) is 4.96. The van der Waals surface area contributed by atoms with Crippen LogP contribution in [0.1, 0.15) is 11.6 Å². The summed E-state index contributed by atoms with van der Waals surface area (Å²) in [4.78, 5) is 32.0. The van der Waals surface area contributed by atoms with Gasteiger partial charge in [0.05, 0.1) is 10.6 Å². The number of nitro groups is 2. The highest BCUT2D eigenvalue weighted by molar-refractivity contribution is 5.78. The molecule has 1 saturated heterocycles. The Morgan fingerprint density at radius 1 is 1.25 bits per heavy atom. The van der Waals surface area contributed by atoms with Crippen LogP contribution in [0.2, 0.25) is 0 Å². The van der Waals surface area contributed by atoms with Gasteiger partial charge in [-0.25, -0.2) is 4.79 Å². The lowest BCUT2D eigenvalue weighted by Gasteiger charge is -2.28. The van der Waals surface area contributed by atoms with Crippen molar-refractivity contribution >= 4 is 11.7 Å². The molecule has 1 aliphatic heterocycles. The minimum Gasteiger partial charge on any atom is -0.324 e. The average molecular weight is 278 g/mol. The van der Waals surface area contributed by atoms with E-state index in [2.05, 4.69) is 17.2 Å². The van der Waals surface area contributed by atoms with Crippen molar-refractivity contribution in [3.8, 4) is 0 Å². The van der Waals surface area contributed by atoms with Gasteiger partial charge >= 0.3 is 6.03 Å². The number of nitro benzene ring substituents is 1. The van der Waals surface area contributed by atoms with Gasteiger partial charge in [0.2, 0.25) is 0 Å². The lowest BCUT2D eigenvalue weighted by Crippen LogP contribution is -2.53. The quantitative estimate of drug-likeness (QED) is 0.632. The maximum Gasteiger partial charge on any atom is 0.319 e. The van der Waals surface area contributed by atoms with Crippen molar-refractivity contribution < 1.29 is 14.6 Å². The molecule has 1 heterocycles. The minimum atomic E-state index is -1.30. The van der Waals surface area contributed by atoms with Gasteiger partial charge in [-0.1, -0.05) is 18.7 Å². The zero-order chi connectivity index (χ0) is 14.9. The number of nitrogens with zero attached hydrogens (tertiary/aromatic N) is 2. The second-order valence-corrected chi connectivity index (χ2v) is 4.18. The Bertz CT molecular complexity index is 615. The molecule has 20 heavy (non-hydrogen) atoms. The van der Waals surface area contributed by atoms with Crippen molar-refractivity contribution in [1.82, 2.24) is 10.6 Å².